The minimum absolute atomic E-state index is 0.00930. The molecule has 0 unspecified atom stereocenters. The molecule has 2 aromatic rings. The highest BCUT2D eigenvalue weighted by molar-refractivity contribution is 7.90. The topological polar surface area (TPSA) is 106 Å². The van der Waals surface area contributed by atoms with Gasteiger partial charge in [-0.3, -0.25) is 9.59 Å². The molecule has 0 atom stereocenters. The van der Waals surface area contributed by atoms with Crippen molar-refractivity contribution >= 4 is 27.4 Å². The van der Waals surface area contributed by atoms with E-state index in [0.29, 0.717) is 0 Å². The Morgan fingerprint density at radius 2 is 1.48 bits per heavy atom. The highest BCUT2D eigenvalue weighted by Crippen LogP contribution is 2.16. The molecule has 3 N–H and O–H groups in total. The van der Waals surface area contributed by atoms with Crippen LogP contribution in [0.4, 0.5) is 5.69 Å². The quantitative estimate of drug-likeness (QED) is 0.497. The Balaban J connectivity index is 2.24. The normalized spacial score (nSPS) is 10.9. The number of Topliss-reactive ketones (excluding diaryl/α,β-unsaturated/α-hetero) is 1. The first-order chi connectivity index (χ1) is 9.92. The number of nitrogens with one attached hydrogen (secondary N) is 1. The zero-order valence-electron chi connectivity index (χ0n) is 10.8. The van der Waals surface area contributed by atoms with E-state index < -0.39 is 21.7 Å². The smallest absolute Gasteiger partial charge is 0.306 e. The Morgan fingerprint density at radius 3 is 2.10 bits per heavy atom. The summed E-state index contributed by atoms with van der Waals surface area (Å²) >= 11 is 0. The average molecular weight is 304 g/mol. The molecule has 0 heterocycles. The molecule has 7 heteroatoms. The van der Waals surface area contributed by atoms with Crippen molar-refractivity contribution in [2.45, 2.75) is 4.90 Å². The lowest BCUT2D eigenvalue weighted by Gasteiger charge is -2.08. The Morgan fingerprint density at radius 1 is 0.905 bits per heavy atom. The molecule has 1 amide bonds. The molecule has 0 saturated carbocycles. The van der Waals surface area contributed by atoms with E-state index >= 15 is 0 Å². The summed E-state index contributed by atoms with van der Waals surface area (Å²) in [5.41, 5.74) is 5.65. The molecule has 0 aliphatic heterocycles. The molecule has 6 nitrogen and oxygen atoms in total. The number of amides is 1. The van der Waals surface area contributed by atoms with Crippen LogP contribution in [0.3, 0.4) is 0 Å². The molecule has 0 aliphatic carbocycles. The van der Waals surface area contributed by atoms with Gasteiger partial charge >= 0.3 is 5.91 Å². The van der Waals surface area contributed by atoms with Crippen molar-refractivity contribution in [1.29, 1.82) is 0 Å². The van der Waals surface area contributed by atoms with E-state index in [1.165, 1.54) is 30.3 Å². The maximum atomic E-state index is 12.0. The zero-order valence-corrected chi connectivity index (χ0v) is 11.6. The third-order valence-electron chi connectivity index (χ3n) is 2.68. The molecule has 0 bridgehead atoms. The first-order valence-electron chi connectivity index (χ1n) is 5.93. The van der Waals surface area contributed by atoms with Gasteiger partial charge in [-0.15, -0.1) is 0 Å². The molecule has 108 valence electrons. The van der Waals surface area contributed by atoms with Gasteiger partial charge in [-0.2, -0.15) is 0 Å². The number of nitrogen functional groups attached to an aromatic ring is 1. The van der Waals surface area contributed by atoms with Crippen LogP contribution in [0.15, 0.2) is 59.5 Å². The summed E-state index contributed by atoms with van der Waals surface area (Å²) in [5.74, 6) is -2.17. The molecule has 0 saturated heterocycles. The monoisotopic (exact) mass is 304 g/mol. The van der Waals surface area contributed by atoms with Gasteiger partial charge in [-0.1, -0.05) is 42.5 Å². The lowest BCUT2D eigenvalue weighted by Crippen LogP contribution is -2.36. The van der Waals surface area contributed by atoms with E-state index in [4.69, 9.17) is 5.73 Å². The number of carbonyl (C=O) groups excluding carboxylic acids is 2. The number of anilines is 1. The molecule has 0 aromatic heterocycles. The largest absolute Gasteiger partial charge is 0.398 e. The number of hydrogen-bond donors (Lipinski definition) is 2. The molecule has 0 spiro atoms. The predicted molar refractivity (Wildman–Crippen MR) is 77.0 cm³/mol. The number of ketones is 1. The number of rotatable bonds is 4. The first-order valence-corrected chi connectivity index (χ1v) is 7.41. The maximum absolute atomic E-state index is 12.0. The van der Waals surface area contributed by atoms with Gasteiger partial charge in [-0.05, 0) is 12.1 Å². The average Bonchev–Trinajstić information content (AvgIpc) is 2.47. The molecule has 0 radical (unpaired) electrons. The van der Waals surface area contributed by atoms with Crippen LogP contribution in [0.1, 0.15) is 10.4 Å². The number of hydrogen-bond acceptors (Lipinski definition) is 5. The summed E-state index contributed by atoms with van der Waals surface area (Å²) in [4.78, 5) is 23.3. The van der Waals surface area contributed by atoms with Crippen LogP contribution in [-0.2, 0) is 14.8 Å². The maximum Gasteiger partial charge on any atom is 0.306 e. The molecule has 0 aliphatic rings. The fourth-order valence-corrected chi connectivity index (χ4v) is 2.75. The molecule has 2 rings (SSSR count). The van der Waals surface area contributed by atoms with Gasteiger partial charge in [0.1, 0.15) is 4.90 Å². The molecular formula is C14H12N2O4S. The molecular weight excluding hydrogens is 292 g/mol. The minimum atomic E-state index is -4.19. The number of para-hydroxylation sites is 1. The number of benzene rings is 2. The standard InChI is InChI=1S/C14H12N2O4S/c15-11-8-4-5-9-12(11)21(19,20)16-14(18)13(17)10-6-2-1-3-7-10/h1-9H,15H2,(H,16,18). The molecule has 21 heavy (non-hydrogen) atoms. The van der Waals surface area contributed by atoms with Crippen molar-refractivity contribution in [2.24, 2.45) is 0 Å². The van der Waals surface area contributed by atoms with Crippen molar-refractivity contribution in [3.63, 3.8) is 0 Å². The summed E-state index contributed by atoms with van der Waals surface area (Å²) in [6.45, 7) is 0. The van der Waals surface area contributed by atoms with Crippen LogP contribution in [0.2, 0.25) is 0 Å². The molecule has 2 aromatic carbocycles. The minimum Gasteiger partial charge on any atom is -0.398 e. The van der Waals surface area contributed by atoms with E-state index in [9.17, 15) is 18.0 Å². The van der Waals surface area contributed by atoms with Gasteiger partial charge in [0, 0.05) is 5.56 Å². The molecule has 0 fully saturated rings. The van der Waals surface area contributed by atoms with Crippen molar-refractivity contribution in [1.82, 2.24) is 4.72 Å². The summed E-state index contributed by atoms with van der Waals surface area (Å²) in [5, 5.41) is 0. The Kier molecular flexibility index (Phi) is 4.04. The highest BCUT2D eigenvalue weighted by atomic mass is 32.2. The lowest BCUT2D eigenvalue weighted by atomic mass is 10.1. The van der Waals surface area contributed by atoms with Crippen LogP contribution >= 0.6 is 0 Å². The second kappa shape index (κ2) is 5.76. The fourth-order valence-electron chi connectivity index (χ4n) is 1.67. The number of carbonyl (C=O) groups is 2. The van der Waals surface area contributed by atoms with Crippen LogP contribution in [0.5, 0.6) is 0 Å². The lowest BCUT2D eigenvalue weighted by molar-refractivity contribution is -0.115. The van der Waals surface area contributed by atoms with Gasteiger partial charge in [0.25, 0.3) is 15.8 Å². The Labute approximate surface area is 121 Å². The van der Waals surface area contributed by atoms with Crippen LogP contribution in [-0.4, -0.2) is 20.1 Å². The van der Waals surface area contributed by atoms with Crippen molar-refractivity contribution in [2.75, 3.05) is 5.73 Å². The fraction of sp³-hybridized carbons (Fsp3) is 0. The van der Waals surface area contributed by atoms with Crippen molar-refractivity contribution < 1.29 is 18.0 Å². The predicted octanol–water partition coefficient (Wildman–Crippen LogP) is 0.957. The Hall–Kier alpha value is -2.67. The number of nitrogens with two attached hydrogens (primary N) is 1. The third kappa shape index (κ3) is 3.26. The van der Waals surface area contributed by atoms with Gasteiger partial charge in [-0.25, -0.2) is 13.1 Å². The van der Waals surface area contributed by atoms with E-state index in [1.807, 2.05) is 0 Å². The van der Waals surface area contributed by atoms with Gasteiger partial charge in [0.15, 0.2) is 0 Å². The van der Waals surface area contributed by atoms with E-state index in [-0.39, 0.29) is 16.1 Å². The summed E-state index contributed by atoms with van der Waals surface area (Å²) < 4.78 is 25.8. The zero-order chi connectivity index (χ0) is 15.5. The van der Waals surface area contributed by atoms with Crippen LogP contribution < -0.4 is 10.5 Å². The van der Waals surface area contributed by atoms with Crippen LogP contribution in [0.25, 0.3) is 0 Å². The second-order valence-electron chi connectivity index (χ2n) is 4.17. The van der Waals surface area contributed by atoms with E-state index in [1.54, 1.807) is 29.0 Å². The van der Waals surface area contributed by atoms with Gasteiger partial charge in [0.05, 0.1) is 5.69 Å². The summed E-state index contributed by atoms with van der Waals surface area (Å²) in [6, 6.07) is 13.3. The highest BCUT2D eigenvalue weighted by Gasteiger charge is 2.24. The van der Waals surface area contributed by atoms with Crippen molar-refractivity contribution in [3.05, 3.63) is 60.2 Å². The summed E-state index contributed by atoms with van der Waals surface area (Å²) in [7, 11) is -4.19. The third-order valence-corrected chi connectivity index (χ3v) is 4.08. The van der Waals surface area contributed by atoms with Crippen LogP contribution in [0, 0.1) is 0 Å². The van der Waals surface area contributed by atoms with E-state index in [0.717, 1.165) is 0 Å². The number of sulfonamides is 1. The van der Waals surface area contributed by atoms with Gasteiger partial charge < -0.3 is 5.73 Å². The first kappa shape index (κ1) is 14.7. The second-order valence-corrected chi connectivity index (χ2v) is 5.82. The van der Waals surface area contributed by atoms with E-state index in [2.05, 4.69) is 0 Å². The Bertz CT molecular complexity index is 786. The van der Waals surface area contributed by atoms with Gasteiger partial charge in [0.2, 0.25) is 0 Å². The summed E-state index contributed by atoms with van der Waals surface area (Å²) in [6.07, 6.45) is 0. The SMILES string of the molecule is Nc1ccccc1S(=O)(=O)NC(=O)C(=O)c1ccccc1. The van der Waals surface area contributed by atoms with Crippen molar-refractivity contribution in [3.8, 4) is 0 Å².